The van der Waals surface area contributed by atoms with Crippen molar-refractivity contribution in [2.75, 3.05) is 38.3 Å². The summed E-state index contributed by atoms with van der Waals surface area (Å²) in [6.07, 6.45) is 2.73. The SMILES string of the molecule is CN(Cc1ccc(N2CCOCC2)cc1)C(=O)C1CCC(N)C1. The number of morpholine rings is 1. The number of rotatable bonds is 4. The summed E-state index contributed by atoms with van der Waals surface area (Å²) in [5, 5.41) is 0. The number of carbonyl (C=O) groups excluding carboxylic acids is 1. The van der Waals surface area contributed by atoms with Crippen molar-refractivity contribution >= 4 is 11.6 Å². The van der Waals surface area contributed by atoms with Gasteiger partial charge in [-0.05, 0) is 37.0 Å². The summed E-state index contributed by atoms with van der Waals surface area (Å²) in [5.74, 6) is 0.345. The Morgan fingerprint density at radius 1 is 1.26 bits per heavy atom. The third-order valence-corrected chi connectivity index (χ3v) is 4.93. The molecule has 2 aliphatic rings. The normalized spacial score (nSPS) is 24.7. The van der Waals surface area contributed by atoms with E-state index in [4.69, 9.17) is 10.5 Å². The molecule has 2 fully saturated rings. The minimum atomic E-state index is 0.114. The Kier molecular flexibility index (Phi) is 5.18. The Bertz CT molecular complexity index is 526. The van der Waals surface area contributed by atoms with Crippen molar-refractivity contribution in [1.82, 2.24) is 4.90 Å². The zero-order valence-corrected chi connectivity index (χ0v) is 13.9. The molecule has 3 rings (SSSR count). The van der Waals surface area contributed by atoms with E-state index in [0.717, 1.165) is 45.6 Å². The molecule has 5 heteroatoms. The molecule has 1 amide bonds. The summed E-state index contributed by atoms with van der Waals surface area (Å²) >= 11 is 0. The van der Waals surface area contributed by atoms with Gasteiger partial charge in [-0.15, -0.1) is 0 Å². The molecule has 1 aromatic carbocycles. The van der Waals surface area contributed by atoms with Gasteiger partial charge in [-0.2, -0.15) is 0 Å². The molecule has 1 saturated carbocycles. The fraction of sp³-hybridized carbons (Fsp3) is 0.611. The number of anilines is 1. The first kappa shape index (κ1) is 16.3. The van der Waals surface area contributed by atoms with Crippen LogP contribution in [0.15, 0.2) is 24.3 Å². The van der Waals surface area contributed by atoms with Crippen LogP contribution >= 0.6 is 0 Å². The van der Waals surface area contributed by atoms with Crippen molar-refractivity contribution in [3.63, 3.8) is 0 Å². The monoisotopic (exact) mass is 317 g/mol. The van der Waals surface area contributed by atoms with Crippen LogP contribution in [0.5, 0.6) is 0 Å². The van der Waals surface area contributed by atoms with Gasteiger partial charge in [-0.1, -0.05) is 12.1 Å². The Hall–Kier alpha value is -1.59. The molecule has 5 nitrogen and oxygen atoms in total. The third-order valence-electron chi connectivity index (χ3n) is 4.93. The number of nitrogens with zero attached hydrogens (tertiary/aromatic N) is 2. The first-order chi connectivity index (χ1) is 11.1. The van der Waals surface area contributed by atoms with Crippen molar-refractivity contribution in [1.29, 1.82) is 0 Å². The second kappa shape index (κ2) is 7.32. The number of benzene rings is 1. The van der Waals surface area contributed by atoms with E-state index >= 15 is 0 Å². The lowest BCUT2D eigenvalue weighted by Crippen LogP contribution is -2.36. The maximum Gasteiger partial charge on any atom is 0.225 e. The first-order valence-corrected chi connectivity index (χ1v) is 8.55. The number of ether oxygens (including phenoxy) is 1. The predicted octanol–water partition coefficient (Wildman–Crippen LogP) is 1.61. The average molecular weight is 317 g/mol. The van der Waals surface area contributed by atoms with E-state index in [1.54, 1.807) is 0 Å². The van der Waals surface area contributed by atoms with Crippen LogP contribution in [0.1, 0.15) is 24.8 Å². The summed E-state index contributed by atoms with van der Waals surface area (Å²) in [6, 6.07) is 8.73. The van der Waals surface area contributed by atoms with Gasteiger partial charge in [-0.25, -0.2) is 0 Å². The molecule has 0 bridgehead atoms. The van der Waals surface area contributed by atoms with Crippen LogP contribution in [0.4, 0.5) is 5.69 Å². The lowest BCUT2D eigenvalue weighted by Gasteiger charge is -2.29. The predicted molar refractivity (Wildman–Crippen MR) is 91.3 cm³/mol. The van der Waals surface area contributed by atoms with Crippen molar-refractivity contribution in [3.05, 3.63) is 29.8 Å². The van der Waals surface area contributed by atoms with Crippen LogP contribution in [0.3, 0.4) is 0 Å². The molecule has 2 N–H and O–H groups in total. The number of hydrogen-bond acceptors (Lipinski definition) is 4. The first-order valence-electron chi connectivity index (χ1n) is 8.55. The van der Waals surface area contributed by atoms with E-state index in [2.05, 4.69) is 29.2 Å². The molecule has 2 unspecified atom stereocenters. The van der Waals surface area contributed by atoms with Crippen molar-refractivity contribution in [2.45, 2.75) is 31.8 Å². The van der Waals surface area contributed by atoms with Gasteiger partial charge < -0.3 is 20.3 Å². The quantitative estimate of drug-likeness (QED) is 0.916. The molecule has 0 spiro atoms. The molecule has 1 aliphatic heterocycles. The summed E-state index contributed by atoms with van der Waals surface area (Å²) in [4.78, 5) is 16.6. The molecule has 126 valence electrons. The van der Waals surface area contributed by atoms with Crippen LogP contribution in [-0.2, 0) is 16.1 Å². The lowest BCUT2D eigenvalue weighted by molar-refractivity contribution is -0.134. The fourth-order valence-electron chi connectivity index (χ4n) is 3.54. The third kappa shape index (κ3) is 4.03. The minimum absolute atomic E-state index is 0.114. The molecule has 23 heavy (non-hydrogen) atoms. The van der Waals surface area contributed by atoms with E-state index in [9.17, 15) is 4.79 Å². The van der Waals surface area contributed by atoms with Gasteiger partial charge >= 0.3 is 0 Å². The van der Waals surface area contributed by atoms with E-state index in [0.29, 0.717) is 6.54 Å². The zero-order chi connectivity index (χ0) is 16.2. The van der Waals surface area contributed by atoms with E-state index in [1.807, 2.05) is 11.9 Å². The maximum absolute atomic E-state index is 12.5. The Balaban J connectivity index is 1.56. The highest BCUT2D eigenvalue weighted by atomic mass is 16.5. The Labute approximate surface area is 138 Å². The molecule has 1 aliphatic carbocycles. The van der Waals surface area contributed by atoms with Gasteiger partial charge in [0.1, 0.15) is 0 Å². The average Bonchev–Trinajstić information content (AvgIpc) is 3.02. The van der Waals surface area contributed by atoms with Crippen LogP contribution in [-0.4, -0.2) is 50.2 Å². The van der Waals surface area contributed by atoms with Gasteiger partial charge in [0.25, 0.3) is 0 Å². The van der Waals surface area contributed by atoms with Gasteiger partial charge in [0.05, 0.1) is 13.2 Å². The highest BCUT2D eigenvalue weighted by Crippen LogP contribution is 2.26. The van der Waals surface area contributed by atoms with Crippen molar-refractivity contribution in [2.24, 2.45) is 11.7 Å². The van der Waals surface area contributed by atoms with Gasteiger partial charge in [0.15, 0.2) is 0 Å². The summed E-state index contributed by atoms with van der Waals surface area (Å²) in [5.41, 5.74) is 8.32. The number of hydrogen-bond donors (Lipinski definition) is 1. The van der Waals surface area contributed by atoms with E-state index in [1.165, 1.54) is 11.3 Å². The fourth-order valence-corrected chi connectivity index (χ4v) is 3.54. The lowest BCUT2D eigenvalue weighted by atomic mass is 10.1. The van der Waals surface area contributed by atoms with Gasteiger partial charge in [-0.3, -0.25) is 4.79 Å². The van der Waals surface area contributed by atoms with Crippen LogP contribution in [0, 0.1) is 5.92 Å². The number of nitrogens with two attached hydrogens (primary N) is 1. The topological polar surface area (TPSA) is 58.8 Å². The summed E-state index contributed by atoms with van der Waals surface area (Å²) in [7, 11) is 1.89. The molecule has 1 heterocycles. The largest absolute Gasteiger partial charge is 0.378 e. The summed E-state index contributed by atoms with van der Waals surface area (Å²) in [6.45, 7) is 4.14. The number of amides is 1. The summed E-state index contributed by atoms with van der Waals surface area (Å²) < 4.78 is 5.39. The molecular formula is C18H27N3O2. The standard InChI is InChI=1S/C18H27N3O2/c1-20(18(22)15-4-5-16(19)12-15)13-14-2-6-17(7-3-14)21-8-10-23-11-9-21/h2-3,6-7,15-16H,4-5,8-13,19H2,1H3. The van der Waals surface area contributed by atoms with Gasteiger partial charge in [0, 0.05) is 44.3 Å². The minimum Gasteiger partial charge on any atom is -0.378 e. The van der Waals surface area contributed by atoms with Crippen molar-refractivity contribution in [3.8, 4) is 0 Å². The Morgan fingerprint density at radius 2 is 1.96 bits per heavy atom. The highest BCUT2D eigenvalue weighted by molar-refractivity contribution is 5.79. The maximum atomic E-state index is 12.5. The zero-order valence-electron chi connectivity index (χ0n) is 13.9. The second-order valence-corrected chi connectivity index (χ2v) is 6.73. The van der Waals surface area contributed by atoms with E-state index in [-0.39, 0.29) is 17.9 Å². The van der Waals surface area contributed by atoms with E-state index < -0.39 is 0 Å². The second-order valence-electron chi connectivity index (χ2n) is 6.73. The number of carbonyl (C=O) groups is 1. The van der Waals surface area contributed by atoms with Crippen molar-refractivity contribution < 1.29 is 9.53 Å². The molecule has 1 aromatic rings. The molecule has 2 atom stereocenters. The molecule has 0 aromatic heterocycles. The smallest absolute Gasteiger partial charge is 0.225 e. The molecular weight excluding hydrogens is 290 g/mol. The van der Waals surface area contributed by atoms with Gasteiger partial charge in [0.2, 0.25) is 5.91 Å². The van der Waals surface area contributed by atoms with Crippen LogP contribution < -0.4 is 10.6 Å². The molecule has 1 saturated heterocycles. The van der Waals surface area contributed by atoms with Crippen LogP contribution in [0.25, 0.3) is 0 Å². The van der Waals surface area contributed by atoms with Crippen LogP contribution in [0.2, 0.25) is 0 Å². The highest BCUT2D eigenvalue weighted by Gasteiger charge is 2.29. The Morgan fingerprint density at radius 3 is 2.57 bits per heavy atom. The molecule has 0 radical (unpaired) electrons.